The van der Waals surface area contributed by atoms with Crippen LogP contribution in [-0.2, 0) is 0 Å². The van der Waals surface area contributed by atoms with Crippen molar-refractivity contribution in [2.75, 3.05) is 5.32 Å². The topological polar surface area (TPSA) is 158 Å². The van der Waals surface area contributed by atoms with Gasteiger partial charge in [-0.05, 0) is 24.3 Å². The van der Waals surface area contributed by atoms with Gasteiger partial charge in [-0.25, -0.2) is 4.79 Å². The van der Waals surface area contributed by atoms with Crippen LogP contribution in [0.1, 0.15) is 20.7 Å². The zero-order valence-corrected chi connectivity index (χ0v) is 10.5. The lowest BCUT2D eigenvalue weighted by atomic mass is 10.2. The van der Waals surface area contributed by atoms with Crippen molar-refractivity contribution in [1.82, 2.24) is 9.97 Å². The van der Waals surface area contributed by atoms with Crippen LogP contribution in [0.4, 0.5) is 5.69 Å². The highest BCUT2D eigenvalue weighted by molar-refractivity contribution is 6.05. The second-order valence-electron chi connectivity index (χ2n) is 4.03. The monoisotopic (exact) mass is 290 g/mol. The summed E-state index contributed by atoms with van der Waals surface area (Å²) in [6, 6.07) is 5.56. The molecule has 1 heterocycles. The molecule has 0 fully saturated rings. The summed E-state index contributed by atoms with van der Waals surface area (Å²) in [4.78, 5) is 48.9. The van der Waals surface area contributed by atoms with Gasteiger partial charge in [0.25, 0.3) is 11.5 Å². The van der Waals surface area contributed by atoms with Crippen molar-refractivity contribution in [2.45, 2.75) is 0 Å². The van der Waals surface area contributed by atoms with E-state index in [0.717, 1.165) is 0 Å². The highest BCUT2D eigenvalue weighted by atomic mass is 16.3. The number of benzene rings is 1. The van der Waals surface area contributed by atoms with Crippen molar-refractivity contribution in [1.29, 1.82) is 0 Å². The second kappa shape index (κ2) is 5.33. The first-order chi connectivity index (χ1) is 9.88. The maximum Gasteiger partial charge on any atom is 0.328 e. The van der Waals surface area contributed by atoms with E-state index in [-0.39, 0.29) is 11.3 Å². The lowest BCUT2D eigenvalue weighted by molar-refractivity contribution is 0.0997. The summed E-state index contributed by atoms with van der Waals surface area (Å²) >= 11 is 0. The quantitative estimate of drug-likeness (QED) is 0.495. The van der Waals surface area contributed by atoms with Crippen molar-refractivity contribution < 1.29 is 14.7 Å². The van der Waals surface area contributed by atoms with Gasteiger partial charge >= 0.3 is 5.69 Å². The third kappa shape index (κ3) is 2.97. The van der Waals surface area contributed by atoms with Crippen LogP contribution in [0, 0.1) is 0 Å². The Morgan fingerprint density at radius 3 is 2.24 bits per heavy atom. The minimum absolute atomic E-state index is 0.248. The third-order valence-corrected chi connectivity index (χ3v) is 2.58. The number of carbonyl (C=O) groups is 2. The Kier molecular flexibility index (Phi) is 3.57. The van der Waals surface area contributed by atoms with Crippen LogP contribution < -0.4 is 22.3 Å². The van der Waals surface area contributed by atoms with Crippen molar-refractivity contribution in [3.63, 3.8) is 0 Å². The molecule has 6 N–H and O–H groups in total. The van der Waals surface area contributed by atoms with Gasteiger partial charge < -0.3 is 16.2 Å². The molecule has 1 aromatic heterocycles. The Hall–Kier alpha value is -3.36. The molecule has 0 atom stereocenters. The number of rotatable bonds is 3. The van der Waals surface area contributed by atoms with Gasteiger partial charge in [-0.15, -0.1) is 0 Å². The number of aromatic hydroxyl groups is 1. The van der Waals surface area contributed by atoms with Gasteiger partial charge in [-0.3, -0.25) is 24.4 Å². The highest BCUT2D eigenvalue weighted by Gasteiger charge is 2.17. The number of nitrogens with two attached hydrogens (primary N) is 1. The van der Waals surface area contributed by atoms with E-state index in [1.807, 2.05) is 9.97 Å². The molecule has 1 aromatic carbocycles. The number of primary amides is 1. The molecule has 9 heteroatoms. The summed E-state index contributed by atoms with van der Waals surface area (Å²) in [5.74, 6) is -2.38. The fraction of sp³-hybridized carbons (Fsp3) is 0. The molecular weight excluding hydrogens is 280 g/mol. The first kappa shape index (κ1) is 14.1. The first-order valence-electron chi connectivity index (χ1n) is 5.65. The number of nitrogens with one attached hydrogen (secondary N) is 3. The molecule has 2 rings (SSSR count). The number of hydrogen-bond donors (Lipinski definition) is 5. The summed E-state index contributed by atoms with van der Waals surface area (Å²) in [5, 5.41) is 11.8. The lowest BCUT2D eigenvalue weighted by Gasteiger charge is -2.06. The fourth-order valence-corrected chi connectivity index (χ4v) is 1.60. The molecule has 2 aromatic rings. The minimum Gasteiger partial charge on any atom is -0.494 e. The number of aromatic amines is 2. The summed E-state index contributed by atoms with van der Waals surface area (Å²) in [6.45, 7) is 0. The largest absolute Gasteiger partial charge is 0.494 e. The Bertz CT molecular complexity index is 819. The van der Waals surface area contributed by atoms with Gasteiger partial charge in [0.2, 0.25) is 11.8 Å². The van der Waals surface area contributed by atoms with Crippen molar-refractivity contribution in [3.05, 3.63) is 56.2 Å². The van der Waals surface area contributed by atoms with Crippen molar-refractivity contribution >= 4 is 17.5 Å². The van der Waals surface area contributed by atoms with Crippen LogP contribution in [0.25, 0.3) is 0 Å². The number of anilines is 1. The van der Waals surface area contributed by atoms with E-state index < -0.39 is 34.5 Å². The molecule has 0 spiro atoms. The molecule has 0 saturated carbocycles. The van der Waals surface area contributed by atoms with Crippen molar-refractivity contribution in [2.24, 2.45) is 5.73 Å². The molecule has 0 aliphatic heterocycles. The van der Waals surface area contributed by atoms with Gasteiger partial charge in [-0.2, -0.15) is 0 Å². The Morgan fingerprint density at radius 1 is 1.10 bits per heavy atom. The fourth-order valence-electron chi connectivity index (χ4n) is 1.60. The molecule has 0 aliphatic rings. The number of hydrogen-bond acceptors (Lipinski definition) is 5. The molecule has 21 heavy (non-hydrogen) atoms. The second-order valence-corrected chi connectivity index (χ2v) is 4.03. The summed E-state index contributed by atoms with van der Waals surface area (Å²) in [5.41, 5.74) is 3.01. The molecular formula is C12H10N4O5. The number of amides is 2. The van der Waals surface area contributed by atoms with E-state index in [0.29, 0.717) is 0 Å². The first-order valence-corrected chi connectivity index (χ1v) is 5.65. The molecule has 0 bridgehead atoms. The average Bonchev–Trinajstić information content (AvgIpc) is 2.37. The van der Waals surface area contributed by atoms with Gasteiger partial charge in [-0.1, -0.05) is 0 Å². The number of H-pyrrole nitrogens is 2. The Morgan fingerprint density at radius 2 is 1.71 bits per heavy atom. The van der Waals surface area contributed by atoms with E-state index in [1.165, 1.54) is 24.3 Å². The zero-order chi connectivity index (χ0) is 15.6. The normalized spacial score (nSPS) is 10.1. The summed E-state index contributed by atoms with van der Waals surface area (Å²) in [7, 11) is 0. The summed E-state index contributed by atoms with van der Waals surface area (Å²) in [6.07, 6.45) is 0. The van der Waals surface area contributed by atoms with E-state index in [1.54, 1.807) is 0 Å². The van der Waals surface area contributed by atoms with E-state index in [2.05, 4.69) is 5.32 Å². The van der Waals surface area contributed by atoms with Gasteiger partial charge in [0.05, 0.1) is 0 Å². The van der Waals surface area contributed by atoms with Crippen LogP contribution in [0.3, 0.4) is 0 Å². The van der Waals surface area contributed by atoms with Crippen LogP contribution >= 0.6 is 0 Å². The minimum atomic E-state index is -1.03. The SMILES string of the molecule is NC(=O)c1ccc(NC(=O)c2c(O)[nH]c(=O)[nH]c2=O)cc1. The van der Waals surface area contributed by atoms with Gasteiger partial charge in [0.15, 0.2) is 5.56 Å². The number of aromatic nitrogens is 2. The molecule has 0 aliphatic carbocycles. The average molecular weight is 290 g/mol. The van der Waals surface area contributed by atoms with E-state index in [4.69, 9.17) is 5.73 Å². The van der Waals surface area contributed by atoms with Crippen LogP contribution in [0.5, 0.6) is 5.88 Å². The van der Waals surface area contributed by atoms with E-state index in [9.17, 15) is 24.3 Å². The zero-order valence-electron chi connectivity index (χ0n) is 10.5. The third-order valence-electron chi connectivity index (χ3n) is 2.58. The van der Waals surface area contributed by atoms with Gasteiger partial charge in [0, 0.05) is 11.3 Å². The predicted octanol–water partition coefficient (Wildman–Crippen LogP) is -0.880. The highest BCUT2D eigenvalue weighted by Crippen LogP contribution is 2.12. The standard InChI is InChI=1S/C12H10N4O5/c13-8(17)5-1-3-6(4-2-5)14-9(18)7-10(19)15-12(21)16-11(7)20/h1-4H,(H2,13,17)(H,14,18)(H3,15,16,19,20,21). The Balaban J connectivity index is 2.28. The predicted molar refractivity (Wildman–Crippen MR) is 72.3 cm³/mol. The summed E-state index contributed by atoms with van der Waals surface area (Å²) < 4.78 is 0. The maximum absolute atomic E-state index is 11.9. The molecule has 108 valence electrons. The maximum atomic E-state index is 11.9. The van der Waals surface area contributed by atoms with E-state index >= 15 is 0 Å². The van der Waals surface area contributed by atoms with Gasteiger partial charge in [0.1, 0.15) is 0 Å². The van der Waals surface area contributed by atoms with Crippen molar-refractivity contribution in [3.8, 4) is 5.88 Å². The lowest BCUT2D eigenvalue weighted by Crippen LogP contribution is -2.30. The molecule has 0 radical (unpaired) electrons. The molecule has 9 nitrogen and oxygen atoms in total. The molecule has 0 saturated heterocycles. The molecule has 2 amide bonds. The Labute approximate surface area is 116 Å². The van der Waals surface area contributed by atoms with Crippen LogP contribution in [0.2, 0.25) is 0 Å². The molecule has 0 unspecified atom stereocenters. The van der Waals surface area contributed by atoms with Crippen LogP contribution in [-0.4, -0.2) is 26.9 Å². The van der Waals surface area contributed by atoms with Crippen LogP contribution in [0.15, 0.2) is 33.9 Å². The smallest absolute Gasteiger partial charge is 0.328 e. The number of carbonyl (C=O) groups excluding carboxylic acids is 2.